The van der Waals surface area contributed by atoms with Crippen molar-refractivity contribution in [3.8, 4) is 11.5 Å². The molecule has 1 saturated heterocycles. The quantitative estimate of drug-likeness (QED) is 0.774. The molecule has 1 aliphatic rings. The van der Waals surface area contributed by atoms with Gasteiger partial charge in [0.2, 0.25) is 0 Å². The van der Waals surface area contributed by atoms with Gasteiger partial charge in [0.25, 0.3) is 0 Å². The number of likely N-dealkylation sites (N-methyl/N-ethyl adjacent to an activating group) is 1. The minimum Gasteiger partial charge on any atom is -0.493 e. The molecule has 0 radical (unpaired) electrons. The highest BCUT2D eigenvalue weighted by Gasteiger charge is 2.28. The van der Waals surface area contributed by atoms with Crippen molar-refractivity contribution >= 4 is 5.78 Å². The van der Waals surface area contributed by atoms with Gasteiger partial charge < -0.3 is 15.2 Å². The van der Waals surface area contributed by atoms with Crippen LogP contribution in [0.5, 0.6) is 11.5 Å². The van der Waals surface area contributed by atoms with Crippen molar-refractivity contribution in [1.29, 1.82) is 0 Å². The second-order valence-electron chi connectivity index (χ2n) is 4.76. The number of ketones is 1. The first-order valence-corrected chi connectivity index (χ1v) is 6.41. The molecule has 0 saturated carbocycles. The van der Waals surface area contributed by atoms with E-state index >= 15 is 0 Å². The lowest BCUT2D eigenvalue weighted by Gasteiger charge is -2.36. The fourth-order valence-electron chi connectivity index (χ4n) is 2.17. The Morgan fingerprint density at radius 3 is 2.79 bits per heavy atom. The summed E-state index contributed by atoms with van der Waals surface area (Å²) in [6.07, 6.45) is 0.430. The van der Waals surface area contributed by atoms with Crippen molar-refractivity contribution < 1.29 is 14.3 Å². The summed E-state index contributed by atoms with van der Waals surface area (Å²) in [4.78, 5) is 14.2. The monoisotopic (exact) mass is 264 g/mol. The molecule has 0 atom stereocenters. The van der Waals surface area contributed by atoms with Gasteiger partial charge in [-0.15, -0.1) is 0 Å². The van der Waals surface area contributed by atoms with Gasteiger partial charge in [0.05, 0.1) is 12.7 Å². The predicted molar refractivity (Wildman–Crippen MR) is 72.9 cm³/mol. The van der Waals surface area contributed by atoms with Gasteiger partial charge in [-0.25, -0.2) is 0 Å². The van der Waals surface area contributed by atoms with Gasteiger partial charge in [-0.05, 0) is 25.7 Å². The van der Waals surface area contributed by atoms with Crippen LogP contribution in [0.4, 0.5) is 0 Å². The lowest BCUT2D eigenvalue weighted by atomic mass is 10.1. The van der Waals surface area contributed by atoms with Crippen molar-refractivity contribution in [3.05, 3.63) is 23.8 Å². The van der Waals surface area contributed by atoms with Crippen LogP contribution in [0.2, 0.25) is 0 Å². The zero-order valence-electron chi connectivity index (χ0n) is 11.4. The van der Waals surface area contributed by atoms with Crippen LogP contribution in [0.1, 0.15) is 16.8 Å². The van der Waals surface area contributed by atoms with E-state index in [4.69, 9.17) is 15.2 Å². The second-order valence-corrected chi connectivity index (χ2v) is 4.76. The standard InChI is InChI=1S/C14H20N2O3/c1-16-8-10(9-16)19-14-11(12(17)6-7-15)4-3-5-13(14)18-2/h3-5,10H,6-9,15H2,1-2H3. The third-order valence-corrected chi connectivity index (χ3v) is 3.19. The molecule has 2 rings (SSSR count). The number of nitrogens with two attached hydrogens (primary N) is 1. The van der Waals surface area contributed by atoms with E-state index < -0.39 is 0 Å². The van der Waals surface area contributed by atoms with Crippen LogP contribution in [0.3, 0.4) is 0 Å². The maximum atomic E-state index is 12.1. The molecule has 0 bridgehead atoms. The van der Waals surface area contributed by atoms with E-state index in [1.54, 1.807) is 25.3 Å². The number of carbonyl (C=O) groups is 1. The van der Waals surface area contributed by atoms with Gasteiger partial charge in [-0.1, -0.05) is 6.07 Å². The molecule has 5 nitrogen and oxygen atoms in total. The van der Waals surface area contributed by atoms with Crippen LogP contribution in [-0.2, 0) is 0 Å². The maximum Gasteiger partial charge on any atom is 0.172 e. The van der Waals surface area contributed by atoms with Crippen LogP contribution in [0, 0.1) is 0 Å². The first kappa shape index (κ1) is 13.8. The number of Topliss-reactive ketones (excluding diaryl/α,β-unsaturated/α-hetero) is 1. The van der Waals surface area contributed by atoms with Crippen LogP contribution >= 0.6 is 0 Å². The molecular formula is C14H20N2O3. The Balaban J connectivity index is 2.23. The third kappa shape index (κ3) is 3.05. The molecule has 2 N–H and O–H groups in total. The molecule has 0 amide bonds. The van der Waals surface area contributed by atoms with Crippen LogP contribution in [0.25, 0.3) is 0 Å². The minimum atomic E-state index is -0.0101. The van der Waals surface area contributed by atoms with Crippen molar-refractivity contribution in [2.24, 2.45) is 5.73 Å². The summed E-state index contributed by atoms with van der Waals surface area (Å²) in [5.41, 5.74) is 6.00. The topological polar surface area (TPSA) is 64.8 Å². The molecule has 1 fully saturated rings. The summed E-state index contributed by atoms with van der Waals surface area (Å²) < 4.78 is 11.2. The molecule has 5 heteroatoms. The molecule has 1 aromatic rings. The molecule has 1 aliphatic heterocycles. The number of hydrogen-bond donors (Lipinski definition) is 1. The summed E-state index contributed by atoms with van der Waals surface area (Å²) in [7, 11) is 3.61. The fraction of sp³-hybridized carbons (Fsp3) is 0.500. The van der Waals surface area contributed by atoms with E-state index in [9.17, 15) is 4.79 Å². The molecule has 1 aromatic carbocycles. The molecule has 0 aromatic heterocycles. The smallest absolute Gasteiger partial charge is 0.172 e. The highest BCUT2D eigenvalue weighted by molar-refractivity contribution is 5.99. The number of carbonyl (C=O) groups excluding carboxylic acids is 1. The lowest BCUT2D eigenvalue weighted by Crippen LogP contribution is -2.51. The number of nitrogens with zero attached hydrogens (tertiary/aromatic N) is 1. The van der Waals surface area contributed by atoms with Gasteiger partial charge in [0.15, 0.2) is 17.3 Å². The highest BCUT2D eigenvalue weighted by Crippen LogP contribution is 2.33. The van der Waals surface area contributed by atoms with Crippen LogP contribution in [-0.4, -0.2) is 50.6 Å². The summed E-state index contributed by atoms with van der Waals surface area (Å²) in [6, 6.07) is 5.36. The Kier molecular flexibility index (Phi) is 4.39. The average molecular weight is 264 g/mol. The summed E-state index contributed by atoms with van der Waals surface area (Å²) in [6.45, 7) is 2.06. The summed E-state index contributed by atoms with van der Waals surface area (Å²) >= 11 is 0. The van der Waals surface area contributed by atoms with Crippen molar-refractivity contribution in [2.45, 2.75) is 12.5 Å². The molecule has 19 heavy (non-hydrogen) atoms. The molecule has 0 unspecified atom stereocenters. The van der Waals surface area contributed by atoms with Crippen molar-refractivity contribution in [3.63, 3.8) is 0 Å². The Morgan fingerprint density at radius 1 is 1.47 bits per heavy atom. The van der Waals surface area contributed by atoms with Gasteiger partial charge in [-0.3, -0.25) is 9.69 Å². The first-order valence-electron chi connectivity index (χ1n) is 6.41. The molecule has 1 heterocycles. The maximum absolute atomic E-state index is 12.1. The van der Waals surface area contributed by atoms with E-state index in [0.29, 0.717) is 30.0 Å². The molecule has 0 aliphatic carbocycles. The van der Waals surface area contributed by atoms with E-state index in [1.165, 1.54) is 0 Å². The van der Waals surface area contributed by atoms with Gasteiger partial charge in [0, 0.05) is 19.5 Å². The number of likely N-dealkylation sites (tertiary alicyclic amines) is 1. The minimum absolute atomic E-state index is 0.0101. The number of rotatable bonds is 6. The first-order chi connectivity index (χ1) is 9.15. The molecule has 104 valence electrons. The fourth-order valence-corrected chi connectivity index (χ4v) is 2.17. The zero-order chi connectivity index (χ0) is 13.8. The predicted octanol–water partition coefficient (Wildman–Crippen LogP) is 0.919. The summed E-state index contributed by atoms with van der Waals surface area (Å²) in [5, 5.41) is 0. The second kappa shape index (κ2) is 6.04. The average Bonchev–Trinajstić information content (AvgIpc) is 2.37. The molecule has 0 spiro atoms. The number of para-hydroxylation sites is 1. The Bertz CT molecular complexity index is 456. The van der Waals surface area contributed by atoms with Crippen LogP contribution < -0.4 is 15.2 Å². The zero-order valence-corrected chi connectivity index (χ0v) is 11.4. The number of ether oxygens (including phenoxy) is 2. The Morgan fingerprint density at radius 2 is 2.21 bits per heavy atom. The van der Waals surface area contributed by atoms with Gasteiger partial charge >= 0.3 is 0 Å². The van der Waals surface area contributed by atoms with Gasteiger partial charge in [0.1, 0.15) is 6.10 Å². The normalized spacial score (nSPS) is 15.9. The molecular weight excluding hydrogens is 244 g/mol. The number of methoxy groups -OCH3 is 1. The van der Waals surface area contributed by atoms with E-state index in [2.05, 4.69) is 4.90 Å². The largest absolute Gasteiger partial charge is 0.493 e. The Labute approximate surface area is 113 Å². The number of hydrogen-bond acceptors (Lipinski definition) is 5. The summed E-state index contributed by atoms with van der Waals surface area (Å²) in [5.74, 6) is 1.13. The van der Waals surface area contributed by atoms with E-state index in [1.807, 2.05) is 7.05 Å². The Hall–Kier alpha value is -1.59. The SMILES string of the molecule is COc1cccc(C(=O)CCN)c1OC1CN(C)C1. The third-order valence-electron chi connectivity index (χ3n) is 3.19. The van der Waals surface area contributed by atoms with Crippen molar-refractivity contribution in [1.82, 2.24) is 4.90 Å². The lowest BCUT2D eigenvalue weighted by molar-refractivity contribution is 0.0362. The van der Waals surface area contributed by atoms with E-state index in [0.717, 1.165) is 13.1 Å². The van der Waals surface area contributed by atoms with Crippen molar-refractivity contribution in [2.75, 3.05) is 33.8 Å². The van der Waals surface area contributed by atoms with Gasteiger partial charge in [-0.2, -0.15) is 0 Å². The number of benzene rings is 1. The highest BCUT2D eigenvalue weighted by atomic mass is 16.5. The van der Waals surface area contributed by atoms with E-state index in [-0.39, 0.29) is 11.9 Å². The van der Waals surface area contributed by atoms with Crippen LogP contribution in [0.15, 0.2) is 18.2 Å².